The van der Waals surface area contributed by atoms with Crippen molar-refractivity contribution < 1.29 is 9.59 Å². The SMILES string of the molecule is CN(C)C(=O)N1CCC[C@H](C(=O)N2CCN(c3ncccn3)CC2)C1. The van der Waals surface area contributed by atoms with E-state index in [0.29, 0.717) is 19.6 Å². The summed E-state index contributed by atoms with van der Waals surface area (Å²) in [6, 6.07) is 1.79. The van der Waals surface area contributed by atoms with Crippen LogP contribution in [0.4, 0.5) is 10.7 Å². The zero-order chi connectivity index (χ0) is 17.8. The van der Waals surface area contributed by atoms with Gasteiger partial charge in [-0.05, 0) is 18.9 Å². The number of piperidine rings is 1. The maximum absolute atomic E-state index is 12.9. The lowest BCUT2D eigenvalue weighted by molar-refractivity contribution is -0.137. The van der Waals surface area contributed by atoms with Crippen LogP contribution in [0.2, 0.25) is 0 Å². The summed E-state index contributed by atoms with van der Waals surface area (Å²) in [5, 5.41) is 0. The number of carbonyl (C=O) groups is 2. The van der Waals surface area contributed by atoms with E-state index in [0.717, 1.165) is 38.4 Å². The Labute approximate surface area is 148 Å². The predicted octanol–water partition coefficient (Wildman–Crippen LogP) is 0.519. The first-order valence-electron chi connectivity index (χ1n) is 8.83. The number of carbonyl (C=O) groups excluding carboxylic acids is 2. The number of aromatic nitrogens is 2. The molecule has 136 valence electrons. The highest BCUT2D eigenvalue weighted by molar-refractivity contribution is 5.81. The van der Waals surface area contributed by atoms with Gasteiger partial charge in [-0.1, -0.05) is 0 Å². The van der Waals surface area contributed by atoms with Crippen molar-refractivity contribution in [3.05, 3.63) is 18.5 Å². The van der Waals surface area contributed by atoms with Crippen LogP contribution >= 0.6 is 0 Å². The molecule has 0 spiro atoms. The number of piperazine rings is 1. The Balaban J connectivity index is 1.54. The number of urea groups is 1. The first-order chi connectivity index (χ1) is 12.1. The number of likely N-dealkylation sites (tertiary alicyclic amines) is 1. The summed E-state index contributed by atoms with van der Waals surface area (Å²) in [4.78, 5) is 40.9. The first-order valence-corrected chi connectivity index (χ1v) is 8.83. The van der Waals surface area contributed by atoms with Crippen molar-refractivity contribution in [2.75, 3.05) is 58.3 Å². The van der Waals surface area contributed by atoms with Gasteiger partial charge in [-0.3, -0.25) is 4.79 Å². The summed E-state index contributed by atoms with van der Waals surface area (Å²) in [6.07, 6.45) is 5.21. The molecule has 3 rings (SSSR count). The number of amides is 3. The van der Waals surface area contributed by atoms with Crippen LogP contribution in [0.1, 0.15) is 12.8 Å². The van der Waals surface area contributed by atoms with Gasteiger partial charge in [-0.15, -0.1) is 0 Å². The van der Waals surface area contributed by atoms with Gasteiger partial charge in [-0.2, -0.15) is 0 Å². The molecule has 0 N–H and O–H groups in total. The Hall–Kier alpha value is -2.38. The fraction of sp³-hybridized carbons (Fsp3) is 0.647. The minimum Gasteiger partial charge on any atom is -0.339 e. The van der Waals surface area contributed by atoms with Crippen LogP contribution < -0.4 is 4.90 Å². The molecule has 2 aliphatic heterocycles. The van der Waals surface area contributed by atoms with E-state index in [-0.39, 0.29) is 17.9 Å². The Morgan fingerprint density at radius 1 is 1.04 bits per heavy atom. The molecule has 3 heterocycles. The van der Waals surface area contributed by atoms with Crippen LogP contribution in [0.25, 0.3) is 0 Å². The lowest BCUT2D eigenvalue weighted by atomic mass is 9.96. The maximum Gasteiger partial charge on any atom is 0.319 e. The van der Waals surface area contributed by atoms with Crippen LogP contribution in [0.3, 0.4) is 0 Å². The third-order valence-corrected chi connectivity index (χ3v) is 4.85. The number of hydrogen-bond acceptors (Lipinski definition) is 5. The molecule has 0 saturated carbocycles. The number of nitrogens with zero attached hydrogens (tertiary/aromatic N) is 6. The van der Waals surface area contributed by atoms with Crippen LogP contribution in [0.5, 0.6) is 0 Å². The van der Waals surface area contributed by atoms with Gasteiger partial charge < -0.3 is 19.6 Å². The summed E-state index contributed by atoms with van der Waals surface area (Å²) < 4.78 is 0. The molecule has 1 aromatic heterocycles. The third kappa shape index (κ3) is 4.00. The van der Waals surface area contributed by atoms with Crippen LogP contribution in [-0.2, 0) is 4.79 Å². The van der Waals surface area contributed by atoms with Crippen molar-refractivity contribution in [3.8, 4) is 0 Å². The van der Waals surface area contributed by atoms with Gasteiger partial charge in [0.1, 0.15) is 0 Å². The van der Waals surface area contributed by atoms with Crippen molar-refractivity contribution in [1.82, 2.24) is 24.7 Å². The second-order valence-electron chi connectivity index (χ2n) is 6.82. The van der Waals surface area contributed by atoms with Gasteiger partial charge in [0.15, 0.2) is 0 Å². The zero-order valence-electron chi connectivity index (χ0n) is 15.0. The summed E-state index contributed by atoms with van der Waals surface area (Å²) in [5.74, 6) is 0.803. The van der Waals surface area contributed by atoms with E-state index in [2.05, 4.69) is 14.9 Å². The average Bonchev–Trinajstić information content (AvgIpc) is 2.67. The van der Waals surface area contributed by atoms with E-state index in [4.69, 9.17) is 0 Å². The van der Waals surface area contributed by atoms with Crippen LogP contribution in [0, 0.1) is 5.92 Å². The number of anilines is 1. The molecule has 0 aliphatic carbocycles. The molecular weight excluding hydrogens is 320 g/mol. The van der Waals surface area contributed by atoms with Gasteiger partial charge in [0.05, 0.1) is 5.92 Å². The van der Waals surface area contributed by atoms with Gasteiger partial charge in [0.25, 0.3) is 0 Å². The standard InChI is InChI=1S/C17H26N6O2/c1-20(2)17(25)23-8-3-5-14(13-23)15(24)21-9-11-22(12-10-21)16-18-6-4-7-19-16/h4,6-7,14H,3,5,8-13H2,1-2H3/t14-/m0/s1. The molecule has 8 heteroatoms. The monoisotopic (exact) mass is 346 g/mol. The molecular formula is C17H26N6O2. The molecule has 25 heavy (non-hydrogen) atoms. The molecule has 2 saturated heterocycles. The zero-order valence-corrected chi connectivity index (χ0v) is 15.0. The second-order valence-corrected chi connectivity index (χ2v) is 6.82. The van der Waals surface area contributed by atoms with Gasteiger partial charge in [0, 0.05) is 65.8 Å². The number of rotatable bonds is 2. The van der Waals surface area contributed by atoms with Crippen LogP contribution in [0.15, 0.2) is 18.5 Å². The quantitative estimate of drug-likeness (QED) is 0.781. The van der Waals surface area contributed by atoms with E-state index >= 15 is 0 Å². The lowest BCUT2D eigenvalue weighted by Gasteiger charge is -2.39. The lowest BCUT2D eigenvalue weighted by Crippen LogP contribution is -2.54. The molecule has 1 aromatic rings. The smallest absolute Gasteiger partial charge is 0.319 e. The Kier molecular flexibility index (Phi) is 5.35. The maximum atomic E-state index is 12.9. The largest absolute Gasteiger partial charge is 0.339 e. The molecule has 2 aliphatic rings. The Morgan fingerprint density at radius 3 is 2.36 bits per heavy atom. The van der Waals surface area contributed by atoms with E-state index in [1.54, 1.807) is 42.4 Å². The highest BCUT2D eigenvalue weighted by Crippen LogP contribution is 2.21. The topological polar surface area (TPSA) is 72.9 Å². The summed E-state index contributed by atoms with van der Waals surface area (Å²) in [7, 11) is 3.50. The predicted molar refractivity (Wildman–Crippen MR) is 94.2 cm³/mol. The summed E-state index contributed by atoms with van der Waals surface area (Å²) in [5.41, 5.74) is 0. The molecule has 3 amide bonds. The van der Waals surface area contributed by atoms with Gasteiger partial charge in [0.2, 0.25) is 11.9 Å². The van der Waals surface area contributed by atoms with Crippen molar-refractivity contribution in [3.63, 3.8) is 0 Å². The molecule has 0 bridgehead atoms. The molecule has 8 nitrogen and oxygen atoms in total. The van der Waals surface area contributed by atoms with E-state index in [1.807, 2.05) is 4.90 Å². The van der Waals surface area contributed by atoms with E-state index < -0.39 is 0 Å². The Morgan fingerprint density at radius 2 is 1.72 bits per heavy atom. The minimum atomic E-state index is -0.0859. The molecule has 0 aromatic carbocycles. The van der Waals surface area contributed by atoms with Crippen molar-refractivity contribution >= 4 is 17.9 Å². The van der Waals surface area contributed by atoms with Crippen molar-refractivity contribution in [2.24, 2.45) is 5.92 Å². The average molecular weight is 346 g/mol. The van der Waals surface area contributed by atoms with Crippen molar-refractivity contribution in [2.45, 2.75) is 12.8 Å². The third-order valence-electron chi connectivity index (χ3n) is 4.85. The number of hydrogen-bond donors (Lipinski definition) is 0. The molecule has 2 fully saturated rings. The highest BCUT2D eigenvalue weighted by Gasteiger charge is 2.33. The molecule has 0 unspecified atom stereocenters. The minimum absolute atomic E-state index is 0.0106. The summed E-state index contributed by atoms with van der Waals surface area (Å²) in [6.45, 7) is 4.09. The van der Waals surface area contributed by atoms with E-state index in [9.17, 15) is 9.59 Å². The summed E-state index contributed by atoms with van der Waals surface area (Å²) >= 11 is 0. The first kappa shape index (κ1) is 17.4. The van der Waals surface area contributed by atoms with Gasteiger partial charge >= 0.3 is 6.03 Å². The Bertz CT molecular complexity index is 600. The second kappa shape index (κ2) is 7.67. The fourth-order valence-corrected chi connectivity index (χ4v) is 3.47. The van der Waals surface area contributed by atoms with Crippen molar-refractivity contribution in [1.29, 1.82) is 0 Å². The van der Waals surface area contributed by atoms with Crippen LogP contribution in [-0.4, -0.2) is 90.0 Å². The fourth-order valence-electron chi connectivity index (χ4n) is 3.47. The molecule has 1 atom stereocenters. The van der Waals surface area contributed by atoms with Gasteiger partial charge in [-0.25, -0.2) is 14.8 Å². The normalized spacial score (nSPS) is 21.2. The highest BCUT2D eigenvalue weighted by atomic mass is 16.2. The van der Waals surface area contributed by atoms with E-state index in [1.165, 1.54) is 0 Å². The molecule has 0 radical (unpaired) electrons.